The quantitative estimate of drug-likeness (QED) is 0.884. The van der Waals surface area contributed by atoms with Gasteiger partial charge in [-0.1, -0.05) is 0 Å². The molecule has 0 bridgehead atoms. The number of halogens is 1. The van der Waals surface area contributed by atoms with Crippen LogP contribution in [0.1, 0.15) is 35.3 Å². The number of carbonyl (C=O) groups is 2. The molecule has 7 heteroatoms. The molecule has 0 aromatic heterocycles. The van der Waals surface area contributed by atoms with Gasteiger partial charge in [-0.05, 0) is 56.3 Å². The first-order chi connectivity index (χ1) is 12.3. The Morgan fingerprint density at radius 3 is 2.19 bits per heavy atom. The van der Waals surface area contributed by atoms with Gasteiger partial charge < -0.3 is 10.6 Å². The first-order valence-electron chi connectivity index (χ1n) is 7.60. The number of hydrogen-bond donors (Lipinski definition) is 2. The maximum atomic E-state index is 12.9. The van der Waals surface area contributed by atoms with Gasteiger partial charge in [0.25, 0.3) is 5.91 Å². The summed E-state index contributed by atoms with van der Waals surface area (Å²) in [4.78, 5) is 24.7. The van der Waals surface area contributed by atoms with E-state index in [4.69, 9.17) is 10.5 Å². The SMILES string of the molecule is CC(C)(NC(=O)c1ccc(F)cc1)C(=O)Nc1ccc(C#N)c(C#N)c1. The molecular formula is C19H15FN4O2. The number of anilines is 1. The number of hydrogen-bond acceptors (Lipinski definition) is 4. The zero-order valence-corrected chi connectivity index (χ0v) is 14.1. The molecule has 0 heterocycles. The Hall–Kier alpha value is -3.71. The second-order valence-electron chi connectivity index (χ2n) is 6.02. The molecular weight excluding hydrogens is 335 g/mol. The molecule has 0 spiro atoms. The van der Waals surface area contributed by atoms with Crippen LogP contribution < -0.4 is 10.6 Å². The maximum absolute atomic E-state index is 12.9. The van der Waals surface area contributed by atoms with Gasteiger partial charge in [-0.3, -0.25) is 9.59 Å². The number of amides is 2. The molecule has 2 rings (SSSR count). The lowest BCUT2D eigenvalue weighted by Gasteiger charge is -2.25. The Morgan fingerprint density at radius 2 is 1.62 bits per heavy atom. The lowest BCUT2D eigenvalue weighted by Crippen LogP contribution is -2.52. The Morgan fingerprint density at radius 1 is 1.00 bits per heavy atom. The molecule has 6 nitrogen and oxygen atoms in total. The van der Waals surface area contributed by atoms with E-state index in [0.717, 1.165) is 12.1 Å². The molecule has 0 radical (unpaired) electrons. The fraction of sp³-hybridized carbons (Fsp3) is 0.158. The van der Waals surface area contributed by atoms with Crippen molar-refractivity contribution >= 4 is 17.5 Å². The highest BCUT2D eigenvalue weighted by molar-refractivity contribution is 6.03. The summed E-state index contributed by atoms with van der Waals surface area (Å²) in [7, 11) is 0. The summed E-state index contributed by atoms with van der Waals surface area (Å²) < 4.78 is 12.9. The summed E-state index contributed by atoms with van der Waals surface area (Å²) in [6.45, 7) is 3.03. The fourth-order valence-electron chi connectivity index (χ4n) is 2.11. The van der Waals surface area contributed by atoms with Crippen molar-refractivity contribution in [2.75, 3.05) is 5.32 Å². The Balaban J connectivity index is 2.12. The first-order valence-corrected chi connectivity index (χ1v) is 7.60. The van der Waals surface area contributed by atoms with Crippen LogP contribution in [0.3, 0.4) is 0 Å². The van der Waals surface area contributed by atoms with Crippen molar-refractivity contribution in [2.24, 2.45) is 0 Å². The number of nitriles is 2. The number of rotatable bonds is 4. The predicted molar refractivity (Wildman–Crippen MR) is 92.4 cm³/mol. The van der Waals surface area contributed by atoms with Gasteiger partial charge in [0.05, 0.1) is 11.1 Å². The fourth-order valence-corrected chi connectivity index (χ4v) is 2.11. The monoisotopic (exact) mass is 350 g/mol. The van der Waals surface area contributed by atoms with Crippen LogP contribution >= 0.6 is 0 Å². The zero-order chi connectivity index (χ0) is 19.3. The molecule has 0 saturated carbocycles. The third-order valence-corrected chi connectivity index (χ3v) is 3.62. The molecule has 0 atom stereocenters. The van der Waals surface area contributed by atoms with Crippen LogP contribution in [0.2, 0.25) is 0 Å². The molecule has 2 amide bonds. The van der Waals surface area contributed by atoms with Gasteiger partial charge in [0.1, 0.15) is 23.5 Å². The second-order valence-corrected chi connectivity index (χ2v) is 6.02. The Bertz CT molecular complexity index is 937. The Labute approximate surface area is 149 Å². The molecule has 26 heavy (non-hydrogen) atoms. The minimum atomic E-state index is -1.27. The standard InChI is InChI=1S/C19H15FN4O2/c1-19(2,24-17(25)12-3-6-15(20)7-4-12)18(26)23-16-8-5-13(10-21)14(9-16)11-22/h3-9H,1-2H3,(H,23,26)(H,24,25). The highest BCUT2D eigenvalue weighted by Crippen LogP contribution is 2.17. The Kier molecular flexibility index (Phi) is 5.34. The molecule has 2 aromatic carbocycles. The van der Waals surface area contributed by atoms with Gasteiger partial charge in [0.15, 0.2) is 0 Å². The van der Waals surface area contributed by atoms with Crippen LogP contribution in [0.25, 0.3) is 0 Å². The highest BCUT2D eigenvalue weighted by atomic mass is 19.1. The third kappa shape index (κ3) is 4.22. The lowest BCUT2D eigenvalue weighted by atomic mass is 10.0. The molecule has 130 valence electrons. The molecule has 2 aromatic rings. The molecule has 0 fully saturated rings. The van der Waals surface area contributed by atoms with Crippen LogP contribution in [0.5, 0.6) is 0 Å². The minimum Gasteiger partial charge on any atom is -0.338 e. The first kappa shape index (κ1) is 18.6. The summed E-state index contributed by atoms with van der Waals surface area (Å²) in [5.74, 6) is -1.50. The van der Waals surface area contributed by atoms with Crippen molar-refractivity contribution in [3.63, 3.8) is 0 Å². The van der Waals surface area contributed by atoms with E-state index in [0.29, 0.717) is 5.69 Å². The third-order valence-electron chi connectivity index (χ3n) is 3.62. The molecule has 0 unspecified atom stereocenters. The van der Waals surface area contributed by atoms with E-state index < -0.39 is 23.2 Å². The van der Waals surface area contributed by atoms with Crippen molar-refractivity contribution in [3.05, 3.63) is 65.0 Å². The smallest absolute Gasteiger partial charge is 0.252 e. The summed E-state index contributed by atoms with van der Waals surface area (Å²) in [6.07, 6.45) is 0. The van der Waals surface area contributed by atoms with Crippen molar-refractivity contribution in [1.82, 2.24) is 5.32 Å². The van der Waals surface area contributed by atoms with Gasteiger partial charge in [0, 0.05) is 11.3 Å². The van der Waals surface area contributed by atoms with Gasteiger partial charge in [-0.2, -0.15) is 10.5 Å². The van der Waals surface area contributed by atoms with Crippen molar-refractivity contribution < 1.29 is 14.0 Å². The number of nitrogens with one attached hydrogen (secondary N) is 2. The normalized spacial score (nSPS) is 10.3. The average molecular weight is 350 g/mol. The van der Waals surface area contributed by atoms with Crippen molar-refractivity contribution in [1.29, 1.82) is 10.5 Å². The maximum Gasteiger partial charge on any atom is 0.252 e. The van der Waals surface area contributed by atoms with E-state index in [1.165, 1.54) is 44.2 Å². The summed E-state index contributed by atoms with van der Waals surface area (Å²) in [5, 5.41) is 23.1. The van der Waals surface area contributed by atoms with Crippen LogP contribution in [0.15, 0.2) is 42.5 Å². The second kappa shape index (κ2) is 7.45. The van der Waals surface area contributed by atoms with Gasteiger partial charge >= 0.3 is 0 Å². The largest absolute Gasteiger partial charge is 0.338 e. The minimum absolute atomic E-state index is 0.137. The summed E-state index contributed by atoms with van der Waals surface area (Å²) in [6, 6.07) is 13.0. The van der Waals surface area contributed by atoms with Gasteiger partial charge in [-0.25, -0.2) is 4.39 Å². The van der Waals surface area contributed by atoms with Crippen LogP contribution in [-0.2, 0) is 4.79 Å². The van der Waals surface area contributed by atoms with Crippen LogP contribution in [0, 0.1) is 28.5 Å². The molecule has 0 aliphatic heterocycles. The molecule has 0 aliphatic rings. The van der Waals surface area contributed by atoms with E-state index in [1.807, 2.05) is 12.1 Å². The van der Waals surface area contributed by atoms with Crippen LogP contribution in [-0.4, -0.2) is 17.4 Å². The highest BCUT2D eigenvalue weighted by Gasteiger charge is 2.30. The van der Waals surface area contributed by atoms with E-state index >= 15 is 0 Å². The lowest BCUT2D eigenvalue weighted by molar-refractivity contribution is -0.120. The van der Waals surface area contributed by atoms with Gasteiger partial charge in [0.2, 0.25) is 5.91 Å². The zero-order valence-electron chi connectivity index (χ0n) is 14.1. The molecule has 0 aliphatic carbocycles. The van der Waals surface area contributed by atoms with E-state index in [9.17, 15) is 14.0 Å². The molecule has 2 N–H and O–H groups in total. The number of carbonyl (C=O) groups excluding carboxylic acids is 2. The van der Waals surface area contributed by atoms with Crippen molar-refractivity contribution in [3.8, 4) is 12.1 Å². The van der Waals surface area contributed by atoms with Gasteiger partial charge in [-0.15, -0.1) is 0 Å². The summed E-state index contributed by atoms with van der Waals surface area (Å²) >= 11 is 0. The number of nitrogens with zero attached hydrogens (tertiary/aromatic N) is 2. The predicted octanol–water partition coefficient (Wildman–Crippen LogP) is 2.72. The summed E-state index contributed by atoms with van der Waals surface area (Å²) in [5.41, 5.74) is -0.383. The average Bonchev–Trinajstić information content (AvgIpc) is 2.61. The van der Waals surface area contributed by atoms with E-state index in [-0.39, 0.29) is 16.7 Å². The van der Waals surface area contributed by atoms with Crippen LogP contribution in [0.4, 0.5) is 10.1 Å². The topological polar surface area (TPSA) is 106 Å². The number of benzene rings is 2. The molecule has 0 saturated heterocycles. The van der Waals surface area contributed by atoms with E-state index in [2.05, 4.69) is 10.6 Å². The van der Waals surface area contributed by atoms with E-state index in [1.54, 1.807) is 0 Å². The van der Waals surface area contributed by atoms with Crippen molar-refractivity contribution in [2.45, 2.75) is 19.4 Å².